The zero-order valence-corrected chi connectivity index (χ0v) is 12.0. The van der Waals surface area contributed by atoms with E-state index in [4.69, 9.17) is 10.00 Å². The maximum atomic E-state index is 9.45. The average molecular weight is 274 g/mol. The summed E-state index contributed by atoms with van der Waals surface area (Å²) in [4.78, 5) is 2.33. The van der Waals surface area contributed by atoms with E-state index in [9.17, 15) is 5.11 Å². The van der Waals surface area contributed by atoms with Crippen molar-refractivity contribution in [1.29, 1.82) is 5.26 Å². The predicted molar refractivity (Wildman–Crippen MR) is 77.5 cm³/mol. The first-order chi connectivity index (χ1) is 9.74. The van der Waals surface area contributed by atoms with Gasteiger partial charge in [0, 0.05) is 18.6 Å². The van der Waals surface area contributed by atoms with E-state index in [1.165, 1.54) is 12.8 Å². The topological polar surface area (TPSA) is 56.5 Å². The van der Waals surface area contributed by atoms with Crippen LogP contribution in [0.4, 0.5) is 0 Å². The smallest absolute Gasteiger partial charge is 0.120 e. The first kappa shape index (κ1) is 14.8. The molecule has 108 valence electrons. The van der Waals surface area contributed by atoms with Gasteiger partial charge in [0.25, 0.3) is 0 Å². The molecule has 0 radical (unpaired) electrons. The quantitative estimate of drug-likeness (QED) is 0.894. The van der Waals surface area contributed by atoms with Crippen molar-refractivity contribution in [3.8, 4) is 11.8 Å². The lowest BCUT2D eigenvalue weighted by Crippen LogP contribution is -2.48. The summed E-state index contributed by atoms with van der Waals surface area (Å²) in [5, 5.41) is 18.3. The Hall–Kier alpha value is -1.57. The van der Waals surface area contributed by atoms with E-state index in [2.05, 4.69) is 17.9 Å². The van der Waals surface area contributed by atoms with Crippen LogP contribution in [0.25, 0.3) is 0 Å². The Morgan fingerprint density at radius 2 is 2.30 bits per heavy atom. The van der Waals surface area contributed by atoms with Crippen molar-refractivity contribution in [3.05, 3.63) is 29.8 Å². The lowest BCUT2D eigenvalue weighted by molar-refractivity contribution is 0.0411. The minimum atomic E-state index is 0.217. The van der Waals surface area contributed by atoms with Crippen molar-refractivity contribution in [1.82, 2.24) is 4.90 Å². The number of benzene rings is 1. The van der Waals surface area contributed by atoms with E-state index in [1.54, 1.807) is 12.1 Å². The van der Waals surface area contributed by atoms with Gasteiger partial charge in [0.15, 0.2) is 0 Å². The third-order valence-corrected chi connectivity index (χ3v) is 3.99. The van der Waals surface area contributed by atoms with Crippen LogP contribution in [0.5, 0.6) is 5.75 Å². The third-order valence-electron chi connectivity index (χ3n) is 3.99. The Bertz CT molecular complexity index is 470. The number of nitrogens with zero attached hydrogens (tertiary/aromatic N) is 2. The molecule has 1 fully saturated rings. The zero-order chi connectivity index (χ0) is 14.4. The van der Waals surface area contributed by atoms with Crippen LogP contribution in [0.1, 0.15) is 31.7 Å². The number of aliphatic hydroxyl groups excluding tert-OH is 1. The van der Waals surface area contributed by atoms with E-state index >= 15 is 0 Å². The summed E-state index contributed by atoms with van der Waals surface area (Å²) in [5.41, 5.74) is 0.613. The van der Waals surface area contributed by atoms with Crippen molar-refractivity contribution in [2.45, 2.75) is 38.3 Å². The summed E-state index contributed by atoms with van der Waals surface area (Å²) in [6.45, 7) is 3.81. The minimum Gasteiger partial charge on any atom is -0.492 e. The maximum Gasteiger partial charge on any atom is 0.120 e. The number of aliphatic hydroxyl groups is 1. The second-order valence-electron chi connectivity index (χ2n) is 5.34. The highest BCUT2D eigenvalue weighted by molar-refractivity contribution is 5.36. The van der Waals surface area contributed by atoms with Gasteiger partial charge < -0.3 is 9.84 Å². The number of likely N-dealkylation sites (tertiary alicyclic amines) is 1. The van der Waals surface area contributed by atoms with Crippen molar-refractivity contribution >= 4 is 0 Å². The molecule has 2 unspecified atom stereocenters. The summed E-state index contributed by atoms with van der Waals surface area (Å²) >= 11 is 0. The van der Waals surface area contributed by atoms with Gasteiger partial charge in [0.2, 0.25) is 0 Å². The van der Waals surface area contributed by atoms with E-state index in [0.717, 1.165) is 18.7 Å². The lowest BCUT2D eigenvalue weighted by atomic mass is 9.97. The molecule has 0 amide bonds. The van der Waals surface area contributed by atoms with Crippen LogP contribution in [0.15, 0.2) is 24.3 Å². The monoisotopic (exact) mass is 274 g/mol. The molecule has 20 heavy (non-hydrogen) atoms. The molecule has 4 nitrogen and oxygen atoms in total. The molecule has 0 bridgehead atoms. The Morgan fingerprint density at radius 1 is 1.45 bits per heavy atom. The second-order valence-corrected chi connectivity index (χ2v) is 5.34. The fourth-order valence-corrected chi connectivity index (χ4v) is 2.86. The van der Waals surface area contributed by atoms with E-state index < -0.39 is 0 Å². The zero-order valence-electron chi connectivity index (χ0n) is 12.0. The molecular weight excluding hydrogens is 252 g/mol. The number of hydrogen-bond acceptors (Lipinski definition) is 4. The van der Waals surface area contributed by atoms with Gasteiger partial charge in [-0.25, -0.2) is 0 Å². The Balaban J connectivity index is 1.86. The predicted octanol–water partition coefficient (Wildman–Crippen LogP) is 2.17. The molecule has 1 N–H and O–H groups in total. The second kappa shape index (κ2) is 7.28. The van der Waals surface area contributed by atoms with Gasteiger partial charge in [-0.1, -0.05) is 12.5 Å². The first-order valence-corrected chi connectivity index (χ1v) is 7.24. The third kappa shape index (κ3) is 3.72. The molecule has 1 aromatic carbocycles. The fraction of sp³-hybridized carbons (Fsp3) is 0.562. The van der Waals surface area contributed by atoms with Gasteiger partial charge in [-0.2, -0.15) is 5.26 Å². The normalized spacial score (nSPS) is 23.2. The van der Waals surface area contributed by atoms with Crippen LogP contribution in [-0.4, -0.2) is 41.8 Å². The maximum absolute atomic E-state index is 9.45. The molecule has 4 heteroatoms. The number of hydrogen-bond donors (Lipinski definition) is 1. The van der Waals surface area contributed by atoms with Crippen molar-refractivity contribution in [3.63, 3.8) is 0 Å². The van der Waals surface area contributed by atoms with Crippen LogP contribution < -0.4 is 4.74 Å². The Kier molecular flexibility index (Phi) is 5.40. The van der Waals surface area contributed by atoms with Gasteiger partial charge in [-0.05, 0) is 38.0 Å². The minimum absolute atomic E-state index is 0.217. The van der Waals surface area contributed by atoms with E-state index in [-0.39, 0.29) is 12.6 Å². The molecule has 1 heterocycles. The molecule has 0 aliphatic carbocycles. The number of rotatable bonds is 5. The Morgan fingerprint density at radius 3 is 3.05 bits per heavy atom. The molecule has 1 saturated heterocycles. The van der Waals surface area contributed by atoms with Crippen LogP contribution in [0, 0.1) is 11.3 Å². The summed E-state index contributed by atoms with van der Waals surface area (Å²) in [5.74, 6) is 0.731. The van der Waals surface area contributed by atoms with Crippen molar-refractivity contribution in [2.75, 3.05) is 19.8 Å². The lowest BCUT2D eigenvalue weighted by Gasteiger charge is -2.39. The standard InChI is InChI=1S/C16H22N2O2/c1-13-4-2-6-15(12-19)18(13)8-9-20-16-7-3-5-14(10-16)11-17/h3,5,7,10,13,15,19H,2,4,6,8-9,12H2,1H3. The molecule has 0 aromatic heterocycles. The molecule has 2 rings (SSSR count). The fourth-order valence-electron chi connectivity index (χ4n) is 2.86. The highest BCUT2D eigenvalue weighted by atomic mass is 16.5. The largest absolute Gasteiger partial charge is 0.492 e. The first-order valence-electron chi connectivity index (χ1n) is 7.24. The molecule has 0 spiro atoms. The van der Waals surface area contributed by atoms with Crippen molar-refractivity contribution in [2.24, 2.45) is 0 Å². The molecule has 1 aromatic rings. The number of ether oxygens (including phenoxy) is 1. The highest BCUT2D eigenvalue weighted by Crippen LogP contribution is 2.22. The van der Waals surface area contributed by atoms with Gasteiger partial charge in [0.05, 0.1) is 18.2 Å². The van der Waals surface area contributed by atoms with Gasteiger partial charge in [-0.3, -0.25) is 4.90 Å². The van der Waals surface area contributed by atoms with Crippen molar-refractivity contribution < 1.29 is 9.84 Å². The van der Waals surface area contributed by atoms with E-state index in [0.29, 0.717) is 18.2 Å². The number of piperidine rings is 1. The highest BCUT2D eigenvalue weighted by Gasteiger charge is 2.26. The molecular formula is C16H22N2O2. The molecule has 2 atom stereocenters. The SMILES string of the molecule is CC1CCCC(CO)N1CCOc1cccc(C#N)c1. The van der Waals surface area contributed by atoms with Gasteiger partial charge >= 0.3 is 0 Å². The summed E-state index contributed by atoms with van der Waals surface area (Å²) in [6, 6.07) is 10.1. The molecule has 0 saturated carbocycles. The van der Waals surface area contributed by atoms with Crippen LogP contribution >= 0.6 is 0 Å². The van der Waals surface area contributed by atoms with Gasteiger partial charge in [-0.15, -0.1) is 0 Å². The van der Waals surface area contributed by atoms with Crippen LogP contribution in [0.2, 0.25) is 0 Å². The summed E-state index contributed by atoms with van der Waals surface area (Å²) in [7, 11) is 0. The van der Waals surface area contributed by atoms with Crippen LogP contribution in [-0.2, 0) is 0 Å². The molecule has 1 aliphatic rings. The summed E-state index contributed by atoms with van der Waals surface area (Å²) in [6.07, 6.45) is 3.43. The average Bonchev–Trinajstić information content (AvgIpc) is 2.49. The summed E-state index contributed by atoms with van der Waals surface area (Å²) < 4.78 is 5.72. The molecule has 1 aliphatic heterocycles. The van der Waals surface area contributed by atoms with Gasteiger partial charge in [0.1, 0.15) is 12.4 Å². The van der Waals surface area contributed by atoms with Crippen LogP contribution in [0.3, 0.4) is 0 Å². The number of nitriles is 1. The Labute approximate surface area is 120 Å². The van der Waals surface area contributed by atoms with E-state index in [1.807, 2.05) is 12.1 Å².